The predicted molar refractivity (Wildman–Crippen MR) is 105 cm³/mol. The van der Waals surface area contributed by atoms with E-state index in [-0.39, 0.29) is 17.4 Å². The molecule has 25 heavy (non-hydrogen) atoms. The fourth-order valence-corrected chi connectivity index (χ4v) is 3.06. The van der Waals surface area contributed by atoms with Crippen LogP contribution in [0.2, 0.25) is 5.02 Å². The number of hydrogen-bond donors (Lipinski definition) is 2. The van der Waals surface area contributed by atoms with E-state index in [1.165, 1.54) is 24.0 Å². The van der Waals surface area contributed by atoms with E-state index in [0.717, 1.165) is 4.90 Å². The van der Waals surface area contributed by atoms with Crippen molar-refractivity contribution in [3.63, 3.8) is 0 Å². The summed E-state index contributed by atoms with van der Waals surface area (Å²) in [4.78, 5) is 12.8. The number of carbonyl (C=O) groups is 1. The molecule has 2 rings (SSSR count). The highest BCUT2D eigenvalue weighted by Crippen LogP contribution is 2.31. The molecule has 2 aromatic rings. The molecule has 0 heterocycles. The van der Waals surface area contributed by atoms with Gasteiger partial charge in [0.2, 0.25) is 5.91 Å². The van der Waals surface area contributed by atoms with Gasteiger partial charge < -0.3 is 9.84 Å². The summed E-state index contributed by atoms with van der Waals surface area (Å²) in [6.07, 6.45) is 1.48. The Bertz CT molecular complexity index is 769. The zero-order valence-electron chi connectivity index (χ0n) is 13.3. The van der Waals surface area contributed by atoms with Gasteiger partial charge in [0, 0.05) is 20.0 Å². The molecule has 5 nitrogen and oxygen atoms in total. The molecule has 132 valence electrons. The first-order chi connectivity index (χ1) is 12.0. The molecular formula is C17H16BrClN2O3S. The molecule has 8 heteroatoms. The van der Waals surface area contributed by atoms with Gasteiger partial charge in [0.15, 0.2) is 11.5 Å². The Hall–Kier alpha value is -1.70. The lowest BCUT2D eigenvalue weighted by Gasteiger charge is -2.08. The van der Waals surface area contributed by atoms with Crippen molar-refractivity contribution in [3.8, 4) is 11.5 Å². The third kappa shape index (κ3) is 6.26. The number of hydrogen-bond acceptors (Lipinski definition) is 5. The molecular weight excluding hydrogens is 428 g/mol. The Morgan fingerprint density at radius 1 is 1.40 bits per heavy atom. The molecule has 0 spiro atoms. The quantitative estimate of drug-likeness (QED) is 0.377. The average Bonchev–Trinajstić information content (AvgIpc) is 2.58. The summed E-state index contributed by atoms with van der Waals surface area (Å²) in [5, 5.41) is 14.4. The van der Waals surface area contributed by atoms with Gasteiger partial charge in [-0.1, -0.05) is 11.6 Å². The van der Waals surface area contributed by atoms with Gasteiger partial charge in [-0.05, 0) is 59.3 Å². The number of hydrazone groups is 1. The van der Waals surface area contributed by atoms with E-state index < -0.39 is 0 Å². The standard InChI is InChI=1S/C17H16BrClN2O3S/c1-2-24-16-7-11(14(18)8-15(16)22)9-20-21-17(23)10-25-13-5-3-12(19)4-6-13/h3-9,22H,2,10H2,1H3,(H,21,23)/b20-9-. The van der Waals surface area contributed by atoms with Crippen LogP contribution >= 0.6 is 39.3 Å². The smallest absolute Gasteiger partial charge is 0.250 e. The number of thioether (sulfide) groups is 1. The van der Waals surface area contributed by atoms with Crippen LogP contribution in [0, 0.1) is 0 Å². The molecule has 0 radical (unpaired) electrons. The number of phenolic OH excluding ortho intramolecular Hbond substituents is 1. The number of rotatable bonds is 7. The Balaban J connectivity index is 1.90. The number of benzene rings is 2. The minimum Gasteiger partial charge on any atom is -0.504 e. The van der Waals surface area contributed by atoms with Gasteiger partial charge in [-0.25, -0.2) is 5.43 Å². The molecule has 2 aromatic carbocycles. The van der Waals surface area contributed by atoms with Crippen LogP contribution in [-0.4, -0.2) is 29.6 Å². The van der Waals surface area contributed by atoms with Crippen molar-refractivity contribution in [1.29, 1.82) is 0 Å². The van der Waals surface area contributed by atoms with Gasteiger partial charge in [0.25, 0.3) is 0 Å². The number of ether oxygens (including phenoxy) is 1. The van der Waals surface area contributed by atoms with Crippen molar-refractivity contribution in [1.82, 2.24) is 5.43 Å². The Morgan fingerprint density at radius 2 is 2.12 bits per heavy atom. The monoisotopic (exact) mass is 442 g/mol. The SMILES string of the molecule is CCOc1cc(/C=N\NC(=O)CSc2ccc(Cl)cc2)c(Br)cc1O. The number of amides is 1. The van der Waals surface area contributed by atoms with E-state index in [1.807, 2.05) is 19.1 Å². The summed E-state index contributed by atoms with van der Waals surface area (Å²) in [6.45, 7) is 2.26. The van der Waals surface area contributed by atoms with Gasteiger partial charge in [-0.15, -0.1) is 11.8 Å². The second-order valence-corrected chi connectivity index (χ2v) is 7.15. The first-order valence-corrected chi connectivity index (χ1v) is 9.51. The summed E-state index contributed by atoms with van der Waals surface area (Å²) < 4.78 is 5.96. The highest BCUT2D eigenvalue weighted by molar-refractivity contribution is 9.10. The maximum atomic E-state index is 11.8. The Labute approximate surface area is 163 Å². The molecule has 2 N–H and O–H groups in total. The van der Waals surface area contributed by atoms with Crippen LogP contribution in [-0.2, 0) is 4.79 Å². The van der Waals surface area contributed by atoms with E-state index in [9.17, 15) is 9.90 Å². The molecule has 0 fully saturated rings. The van der Waals surface area contributed by atoms with Crippen LogP contribution in [0.4, 0.5) is 0 Å². The molecule has 0 aliphatic carbocycles. The largest absolute Gasteiger partial charge is 0.504 e. The zero-order valence-corrected chi connectivity index (χ0v) is 16.5. The fourth-order valence-electron chi connectivity index (χ4n) is 1.81. The third-order valence-electron chi connectivity index (χ3n) is 2.95. The summed E-state index contributed by atoms with van der Waals surface area (Å²) in [5.74, 6) is 0.405. The van der Waals surface area contributed by atoms with Crippen molar-refractivity contribution in [2.45, 2.75) is 11.8 Å². The van der Waals surface area contributed by atoms with E-state index in [1.54, 1.807) is 18.2 Å². The maximum absolute atomic E-state index is 11.8. The molecule has 0 saturated carbocycles. The minimum atomic E-state index is -0.226. The molecule has 0 aliphatic heterocycles. The number of phenols is 1. The van der Waals surface area contributed by atoms with E-state index >= 15 is 0 Å². The lowest BCUT2D eigenvalue weighted by molar-refractivity contribution is -0.118. The van der Waals surface area contributed by atoms with Crippen LogP contribution in [0.15, 0.2) is 50.9 Å². The van der Waals surface area contributed by atoms with E-state index in [2.05, 4.69) is 26.5 Å². The van der Waals surface area contributed by atoms with Crippen LogP contribution in [0.5, 0.6) is 11.5 Å². The number of aromatic hydroxyl groups is 1. The third-order valence-corrected chi connectivity index (χ3v) is 4.91. The van der Waals surface area contributed by atoms with Crippen molar-refractivity contribution in [2.75, 3.05) is 12.4 Å². The van der Waals surface area contributed by atoms with Crippen LogP contribution in [0.25, 0.3) is 0 Å². The molecule has 0 unspecified atom stereocenters. The van der Waals surface area contributed by atoms with Crippen LogP contribution < -0.4 is 10.2 Å². The van der Waals surface area contributed by atoms with Gasteiger partial charge in [0.1, 0.15) is 0 Å². The average molecular weight is 444 g/mol. The topological polar surface area (TPSA) is 70.9 Å². The van der Waals surface area contributed by atoms with Gasteiger partial charge in [-0.2, -0.15) is 5.10 Å². The molecule has 0 atom stereocenters. The highest BCUT2D eigenvalue weighted by Gasteiger charge is 2.07. The second kappa shape index (κ2) is 9.70. The van der Waals surface area contributed by atoms with Gasteiger partial charge >= 0.3 is 0 Å². The van der Waals surface area contributed by atoms with Crippen molar-refractivity contribution in [3.05, 3.63) is 51.5 Å². The van der Waals surface area contributed by atoms with Crippen molar-refractivity contribution in [2.24, 2.45) is 5.10 Å². The molecule has 0 saturated heterocycles. The van der Waals surface area contributed by atoms with Crippen LogP contribution in [0.3, 0.4) is 0 Å². The fraction of sp³-hybridized carbons (Fsp3) is 0.176. The highest BCUT2D eigenvalue weighted by atomic mass is 79.9. The van der Waals surface area contributed by atoms with Crippen LogP contribution in [0.1, 0.15) is 12.5 Å². The molecule has 0 aliphatic rings. The van der Waals surface area contributed by atoms with E-state index in [0.29, 0.717) is 27.4 Å². The predicted octanol–water partition coefficient (Wildman–Crippen LogP) is 4.45. The summed E-state index contributed by atoms with van der Waals surface area (Å²) >= 11 is 10.5. The number of halogens is 2. The summed E-state index contributed by atoms with van der Waals surface area (Å²) in [6, 6.07) is 10.4. The first kappa shape index (κ1) is 19.6. The first-order valence-electron chi connectivity index (χ1n) is 7.35. The van der Waals surface area contributed by atoms with Gasteiger partial charge in [0.05, 0.1) is 18.6 Å². The molecule has 1 amide bonds. The molecule has 0 bridgehead atoms. The second-order valence-electron chi connectivity index (χ2n) is 4.81. The summed E-state index contributed by atoms with van der Waals surface area (Å²) in [5.41, 5.74) is 3.14. The Morgan fingerprint density at radius 3 is 2.80 bits per heavy atom. The van der Waals surface area contributed by atoms with E-state index in [4.69, 9.17) is 16.3 Å². The van der Waals surface area contributed by atoms with Gasteiger partial charge in [-0.3, -0.25) is 4.79 Å². The number of nitrogens with one attached hydrogen (secondary N) is 1. The number of carbonyl (C=O) groups excluding carboxylic acids is 1. The number of nitrogens with zero attached hydrogens (tertiary/aromatic N) is 1. The molecule has 0 aromatic heterocycles. The Kier molecular flexibility index (Phi) is 7.61. The maximum Gasteiger partial charge on any atom is 0.250 e. The lowest BCUT2D eigenvalue weighted by Crippen LogP contribution is -2.19. The van der Waals surface area contributed by atoms with Crippen molar-refractivity contribution < 1.29 is 14.6 Å². The minimum absolute atomic E-state index is 0.0364. The zero-order chi connectivity index (χ0) is 18.2. The lowest BCUT2D eigenvalue weighted by atomic mass is 10.2. The summed E-state index contributed by atoms with van der Waals surface area (Å²) in [7, 11) is 0. The van der Waals surface area contributed by atoms with Crippen molar-refractivity contribution >= 4 is 51.4 Å². The normalized spacial score (nSPS) is 10.8.